The van der Waals surface area contributed by atoms with Crippen molar-refractivity contribution in [1.82, 2.24) is 0 Å². The SMILES string of the molecule is CC/C=C\C/C=C\C/C=C\C/C=C\C/C=C\CCCCCC(=O)OC(COC(=O)CCCCCCCCC/C=C\CCCCCCCC)COP(=O)(O)OCC(CO)OC(=O)CCCCCCC/C=C\C/C=C\CCCCC. The molecule has 0 saturated carbocycles. The first-order chi connectivity index (χ1) is 38.2. The van der Waals surface area contributed by atoms with Gasteiger partial charge in [0.25, 0.3) is 0 Å². The summed E-state index contributed by atoms with van der Waals surface area (Å²) in [4.78, 5) is 48.7. The number of esters is 3. The van der Waals surface area contributed by atoms with Crippen LogP contribution in [-0.2, 0) is 42.2 Å². The van der Waals surface area contributed by atoms with E-state index in [2.05, 4.69) is 118 Å². The van der Waals surface area contributed by atoms with Gasteiger partial charge in [-0.2, -0.15) is 0 Å². The van der Waals surface area contributed by atoms with Crippen molar-refractivity contribution >= 4 is 25.7 Å². The Morgan fingerprint density at radius 2 is 0.667 bits per heavy atom. The van der Waals surface area contributed by atoms with Crippen LogP contribution in [-0.4, -0.2) is 66.5 Å². The van der Waals surface area contributed by atoms with E-state index in [1.54, 1.807) is 0 Å². The average molecular weight is 1110 g/mol. The van der Waals surface area contributed by atoms with Gasteiger partial charge >= 0.3 is 25.7 Å². The first-order valence-corrected chi connectivity index (χ1v) is 32.6. The Bertz CT molecular complexity index is 1680. The molecule has 2 N–H and O–H groups in total. The average Bonchev–Trinajstić information content (AvgIpc) is 3.43. The molecule has 0 bridgehead atoms. The summed E-state index contributed by atoms with van der Waals surface area (Å²) in [7, 11) is -4.77. The van der Waals surface area contributed by atoms with Gasteiger partial charge in [-0.05, 0) is 122 Å². The van der Waals surface area contributed by atoms with Crippen LogP contribution in [0.2, 0.25) is 0 Å². The highest BCUT2D eigenvalue weighted by molar-refractivity contribution is 7.47. The molecule has 12 heteroatoms. The van der Waals surface area contributed by atoms with Crippen LogP contribution < -0.4 is 0 Å². The van der Waals surface area contributed by atoms with Crippen molar-refractivity contribution in [3.05, 3.63) is 97.2 Å². The van der Waals surface area contributed by atoms with Crippen LogP contribution in [0.3, 0.4) is 0 Å². The minimum Gasteiger partial charge on any atom is -0.462 e. The van der Waals surface area contributed by atoms with Crippen molar-refractivity contribution < 1.29 is 52.2 Å². The number of rotatable bonds is 57. The summed E-state index contributed by atoms with van der Waals surface area (Å²) in [5.74, 6) is -1.52. The van der Waals surface area contributed by atoms with E-state index < -0.39 is 57.8 Å². The Morgan fingerprint density at radius 1 is 0.372 bits per heavy atom. The molecule has 0 spiro atoms. The summed E-state index contributed by atoms with van der Waals surface area (Å²) in [6.45, 7) is 4.46. The predicted molar refractivity (Wildman–Crippen MR) is 325 cm³/mol. The van der Waals surface area contributed by atoms with Gasteiger partial charge in [0, 0.05) is 19.3 Å². The van der Waals surface area contributed by atoms with Crippen LogP contribution in [0.25, 0.3) is 0 Å². The summed E-state index contributed by atoms with van der Waals surface area (Å²) in [5.41, 5.74) is 0. The van der Waals surface area contributed by atoms with E-state index in [0.29, 0.717) is 19.3 Å². The fourth-order valence-electron chi connectivity index (χ4n) is 8.23. The van der Waals surface area contributed by atoms with Crippen molar-refractivity contribution in [3.8, 4) is 0 Å². The maximum atomic E-state index is 12.9. The molecule has 3 unspecified atom stereocenters. The number of carbonyl (C=O) groups excluding carboxylic acids is 3. The normalized spacial score (nSPS) is 14.0. The summed E-state index contributed by atoms with van der Waals surface area (Å²) in [6, 6.07) is 0. The number of carbonyl (C=O) groups is 3. The Balaban J connectivity index is 4.80. The lowest BCUT2D eigenvalue weighted by molar-refractivity contribution is -0.161. The van der Waals surface area contributed by atoms with Crippen molar-refractivity contribution in [2.24, 2.45) is 0 Å². The number of aliphatic hydroxyl groups excluding tert-OH is 1. The molecule has 3 atom stereocenters. The van der Waals surface area contributed by atoms with E-state index >= 15 is 0 Å². The quantitative estimate of drug-likeness (QED) is 0.0197. The molecule has 0 aromatic heterocycles. The van der Waals surface area contributed by atoms with Crippen molar-refractivity contribution in [2.75, 3.05) is 26.4 Å². The van der Waals surface area contributed by atoms with Gasteiger partial charge in [-0.15, -0.1) is 0 Å². The predicted octanol–water partition coefficient (Wildman–Crippen LogP) is 18.8. The summed E-state index contributed by atoms with van der Waals surface area (Å²) in [5, 5.41) is 9.84. The number of allylic oxidation sites excluding steroid dienone is 16. The number of hydrogen-bond acceptors (Lipinski definition) is 10. The lowest BCUT2D eigenvalue weighted by Gasteiger charge is -2.21. The molecule has 448 valence electrons. The molecule has 0 aromatic rings. The zero-order valence-corrected chi connectivity index (χ0v) is 50.5. The van der Waals surface area contributed by atoms with Crippen LogP contribution >= 0.6 is 7.82 Å². The van der Waals surface area contributed by atoms with Gasteiger partial charge in [0.1, 0.15) is 12.7 Å². The molecule has 0 heterocycles. The van der Waals surface area contributed by atoms with Gasteiger partial charge in [-0.25, -0.2) is 4.57 Å². The fourth-order valence-corrected chi connectivity index (χ4v) is 9.01. The first-order valence-electron chi connectivity index (χ1n) is 31.1. The van der Waals surface area contributed by atoms with E-state index in [1.165, 1.54) is 83.5 Å². The summed E-state index contributed by atoms with van der Waals surface area (Å²) < 4.78 is 39.6. The standard InChI is InChI=1S/C66H113O11P/c1-4-7-10-13-16-19-22-25-28-30-31-33-36-39-42-45-48-51-54-57-66(70)77-63(59-73-64(68)55-52-49-46-43-40-37-35-32-29-26-23-20-17-14-11-8-5-2)61-75-78(71,72)74-60-62(58-67)76-65(69)56-53-50-47-44-41-38-34-27-24-21-18-15-12-9-6-3/h7,10,16,18-19,21,25-29,31,33-34,39,42,62-63,67H,4-6,8-9,11-15,17,20,22-24,30,32,35-38,40-41,43-61H2,1-3H3,(H,71,72)/b10-7-,19-16-,21-18-,28-25-,29-26-,33-31-,34-27-,42-39-. The van der Waals surface area contributed by atoms with Crippen LogP contribution in [0.4, 0.5) is 0 Å². The van der Waals surface area contributed by atoms with Crippen LogP contribution in [0, 0.1) is 0 Å². The third-order valence-electron chi connectivity index (χ3n) is 13.0. The topological polar surface area (TPSA) is 155 Å². The number of phosphoric acid groups is 1. The molecule has 78 heavy (non-hydrogen) atoms. The zero-order chi connectivity index (χ0) is 56.9. The molecular weight excluding hydrogens is 1000 g/mol. The van der Waals surface area contributed by atoms with Crippen LogP contribution in [0.5, 0.6) is 0 Å². The third kappa shape index (κ3) is 57.1. The zero-order valence-electron chi connectivity index (χ0n) is 49.6. The highest BCUT2D eigenvalue weighted by atomic mass is 31.2. The second-order valence-corrected chi connectivity index (χ2v) is 21.9. The smallest absolute Gasteiger partial charge is 0.462 e. The number of ether oxygens (including phenoxy) is 3. The van der Waals surface area contributed by atoms with Gasteiger partial charge in [-0.1, -0.05) is 221 Å². The van der Waals surface area contributed by atoms with Crippen molar-refractivity contribution in [1.29, 1.82) is 0 Å². The number of phosphoric ester groups is 1. The molecule has 0 radical (unpaired) electrons. The van der Waals surface area contributed by atoms with Gasteiger partial charge < -0.3 is 24.2 Å². The molecule has 0 aliphatic rings. The molecule has 0 amide bonds. The molecule has 0 rings (SSSR count). The van der Waals surface area contributed by atoms with E-state index in [1.807, 2.05) is 0 Å². The van der Waals surface area contributed by atoms with E-state index in [9.17, 15) is 28.9 Å². The third-order valence-corrected chi connectivity index (χ3v) is 13.9. The van der Waals surface area contributed by atoms with Crippen molar-refractivity contribution in [3.63, 3.8) is 0 Å². The minimum atomic E-state index is -4.77. The summed E-state index contributed by atoms with van der Waals surface area (Å²) >= 11 is 0. The van der Waals surface area contributed by atoms with Gasteiger partial charge in [0.15, 0.2) is 6.10 Å². The minimum absolute atomic E-state index is 0.123. The maximum Gasteiger partial charge on any atom is 0.472 e. The largest absolute Gasteiger partial charge is 0.472 e. The molecular formula is C66H113O11P. The highest BCUT2D eigenvalue weighted by Gasteiger charge is 2.28. The lowest BCUT2D eigenvalue weighted by atomic mass is 10.1. The Labute approximate surface area is 476 Å². The summed E-state index contributed by atoms with van der Waals surface area (Å²) in [6.07, 6.45) is 70.7. The van der Waals surface area contributed by atoms with E-state index in [-0.39, 0.29) is 25.9 Å². The second kappa shape index (κ2) is 59.5. The number of hydrogen-bond donors (Lipinski definition) is 2. The Morgan fingerprint density at radius 3 is 1.08 bits per heavy atom. The molecule has 11 nitrogen and oxygen atoms in total. The molecule has 0 fully saturated rings. The van der Waals surface area contributed by atoms with E-state index in [4.69, 9.17) is 23.3 Å². The van der Waals surface area contributed by atoms with Gasteiger partial charge in [-0.3, -0.25) is 23.4 Å². The molecule has 0 aliphatic heterocycles. The number of unbranched alkanes of at least 4 members (excludes halogenated alkanes) is 24. The fraction of sp³-hybridized carbons (Fsp3) is 0.712. The molecule has 0 aromatic carbocycles. The van der Waals surface area contributed by atoms with Crippen molar-refractivity contribution in [2.45, 2.75) is 277 Å². The van der Waals surface area contributed by atoms with Crippen LogP contribution in [0.1, 0.15) is 265 Å². The Kier molecular flexibility index (Phi) is 56.8. The monoisotopic (exact) mass is 1110 g/mol. The highest BCUT2D eigenvalue weighted by Crippen LogP contribution is 2.43. The lowest BCUT2D eigenvalue weighted by Crippen LogP contribution is -2.30. The van der Waals surface area contributed by atoms with E-state index in [0.717, 1.165) is 122 Å². The molecule has 0 aliphatic carbocycles. The first kappa shape index (κ1) is 74.4. The molecule has 0 saturated heterocycles. The maximum absolute atomic E-state index is 12.9. The van der Waals surface area contributed by atoms with Crippen LogP contribution in [0.15, 0.2) is 97.2 Å². The second-order valence-electron chi connectivity index (χ2n) is 20.5. The number of aliphatic hydroxyl groups is 1. The van der Waals surface area contributed by atoms with Gasteiger partial charge in [0.2, 0.25) is 0 Å². The van der Waals surface area contributed by atoms with Gasteiger partial charge in [0.05, 0.1) is 19.8 Å². The Hall–Kier alpha value is -3.60.